The van der Waals surface area contributed by atoms with E-state index in [4.69, 9.17) is 0 Å². The van der Waals surface area contributed by atoms with Crippen LogP contribution in [0, 0.1) is 0 Å². The Hall–Kier alpha value is -2.28. The van der Waals surface area contributed by atoms with Gasteiger partial charge >= 0.3 is 5.97 Å². The predicted octanol–water partition coefficient (Wildman–Crippen LogP) is 0.934. The first kappa shape index (κ1) is 15.1. The summed E-state index contributed by atoms with van der Waals surface area (Å²) in [7, 11) is 0. The Labute approximate surface area is 121 Å². The Morgan fingerprint density at radius 2 is 2.05 bits per heavy atom. The van der Waals surface area contributed by atoms with Gasteiger partial charge in [-0.25, -0.2) is 0 Å². The van der Waals surface area contributed by atoms with Crippen molar-refractivity contribution in [2.75, 3.05) is 6.54 Å². The van der Waals surface area contributed by atoms with Crippen molar-refractivity contribution in [2.45, 2.75) is 33.0 Å². The molecule has 1 aromatic heterocycles. The highest BCUT2D eigenvalue weighted by Crippen LogP contribution is 2.15. The quantitative estimate of drug-likeness (QED) is 0.881. The maximum Gasteiger partial charge on any atom is 0.323 e. The second kappa shape index (κ2) is 5.61. The fourth-order valence-corrected chi connectivity index (χ4v) is 2.09. The molecular weight excluding hydrogens is 272 g/mol. The summed E-state index contributed by atoms with van der Waals surface area (Å²) in [6, 6.07) is 6.94. The minimum atomic E-state index is -1.10. The number of carbonyl (C=O) groups is 1. The van der Waals surface area contributed by atoms with E-state index in [2.05, 4.69) is 10.3 Å². The standard InChI is InChI=1S/C14H18N4O3/c1-4-17(14(2,3)13(20)21)9-18-12(19)10-7-5-6-8-11(10)15-16-18/h5-8H,4,9H2,1-3H3,(H,20,21). The van der Waals surface area contributed by atoms with E-state index < -0.39 is 11.5 Å². The highest BCUT2D eigenvalue weighted by molar-refractivity contribution is 5.77. The van der Waals surface area contributed by atoms with Gasteiger partial charge in [0, 0.05) is 0 Å². The summed E-state index contributed by atoms with van der Waals surface area (Å²) in [6.07, 6.45) is 0. The summed E-state index contributed by atoms with van der Waals surface area (Å²) >= 11 is 0. The van der Waals surface area contributed by atoms with Gasteiger partial charge in [0.1, 0.15) is 11.1 Å². The molecule has 0 fully saturated rings. The lowest BCUT2D eigenvalue weighted by Gasteiger charge is -2.33. The van der Waals surface area contributed by atoms with Gasteiger partial charge < -0.3 is 5.11 Å². The number of benzene rings is 1. The predicted molar refractivity (Wildman–Crippen MR) is 77.9 cm³/mol. The van der Waals surface area contributed by atoms with E-state index in [1.807, 2.05) is 6.92 Å². The fourth-order valence-electron chi connectivity index (χ4n) is 2.09. The molecule has 0 saturated heterocycles. The molecule has 0 bridgehead atoms. The Balaban J connectivity index is 2.41. The first-order valence-electron chi connectivity index (χ1n) is 6.69. The molecule has 0 amide bonds. The largest absolute Gasteiger partial charge is 0.480 e. The third kappa shape index (κ3) is 2.78. The van der Waals surface area contributed by atoms with Crippen LogP contribution in [0.15, 0.2) is 29.1 Å². The Bertz CT molecular complexity index is 723. The molecule has 7 heteroatoms. The molecule has 0 spiro atoms. The number of carboxylic acid groups (broad SMARTS) is 1. The third-order valence-electron chi connectivity index (χ3n) is 3.63. The molecule has 7 nitrogen and oxygen atoms in total. The topological polar surface area (TPSA) is 88.3 Å². The molecule has 21 heavy (non-hydrogen) atoms. The van der Waals surface area contributed by atoms with Crippen molar-refractivity contribution in [1.82, 2.24) is 19.9 Å². The van der Waals surface area contributed by atoms with Crippen molar-refractivity contribution in [1.29, 1.82) is 0 Å². The molecule has 2 aromatic rings. The van der Waals surface area contributed by atoms with Crippen LogP contribution in [-0.4, -0.2) is 43.1 Å². The van der Waals surface area contributed by atoms with Crippen LogP contribution in [0.25, 0.3) is 10.9 Å². The number of likely N-dealkylation sites (N-methyl/N-ethyl adjacent to an activating group) is 1. The third-order valence-corrected chi connectivity index (χ3v) is 3.63. The van der Waals surface area contributed by atoms with Crippen molar-refractivity contribution in [2.24, 2.45) is 0 Å². The fraction of sp³-hybridized carbons (Fsp3) is 0.429. The second-order valence-corrected chi connectivity index (χ2v) is 5.27. The van der Waals surface area contributed by atoms with Gasteiger partial charge in [-0.1, -0.05) is 24.3 Å². The number of hydrogen-bond donors (Lipinski definition) is 1. The van der Waals surface area contributed by atoms with Crippen LogP contribution in [0.2, 0.25) is 0 Å². The molecule has 0 unspecified atom stereocenters. The van der Waals surface area contributed by atoms with E-state index in [0.29, 0.717) is 17.4 Å². The highest BCUT2D eigenvalue weighted by Gasteiger charge is 2.34. The average molecular weight is 290 g/mol. The van der Waals surface area contributed by atoms with E-state index in [1.54, 1.807) is 43.0 Å². The van der Waals surface area contributed by atoms with Crippen LogP contribution >= 0.6 is 0 Å². The summed E-state index contributed by atoms with van der Waals surface area (Å²) in [4.78, 5) is 25.4. The molecule has 0 aliphatic rings. The van der Waals surface area contributed by atoms with Crippen LogP contribution in [0.5, 0.6) is 0 Å². The Morgan fingerprint density at radius 3 is 2.67 bits per heavy atom. The van der Waals surface area contributed by atoms with Gasteiger partial charge in [0.2, 0.25) is 0 Å². The first-order chi connectivity index (χ1) is 9.87. The average Bonchev–Trinajstić information content (AvgIpc) is 2.46. The van der Waals surface area contributed by atoms with Gasteiger partial charge in [0.25, 0.3) is 5.56 Å². The van der Waals surface area contributed by atoms with Gasteiger partial charge in [-0.05, 0) is 32.5 Å². The lowest BCUT2D eigenvalue weighted by atomic mass is 10.0. The van der Waals surface area contributed by atoms with Gasteiger partial charge in [-0.3, -0.25) is 14.5 Å². The van der Waals surface area contributed by atoms with E-state index in [0.717, 1.165) is 0 Å². The van der Waals surface area contributed by atoms with Crippen LogP contribution in [-0.2, 0) is 11.5 Å². The van der Waals surface area contributed by atoms with Gasteiger partial charge in [-0.2, -0.15) is 4.68 Å². The maximum atomic E-state index is 12.4. The van der Waals surface area contributed by atoms with E-state index in [1.165, 1.54) is 4.68 Å². The molecule has 0 saturated carbocycles. The molecule has 2 rings (SSSR count). The first-order valence-corrected chi connectivity index (χ1v) is 6.69. The molecule has 1 heterocycles. The van der Waals surface area contributed by atoms with Crippen LogP contribution in [0.3, 0.4) is 0 Å². The Kier molecular flexibility index (Phi) is 4.04. The van der Waals surface area contributed by atoms with Crippen LogP contribution < -0.4 is 5.56 Å². The van der Waals surface area contributed by atoms with Crippen molar-refractivity contribution in [3.05, 3.63) is 34.6 Å². The molecule has 112 valence electrons. The minimum Gasteiger partial charge on any atom is -0.480 e. The molecule has 1 aromatic carbocycles. The molecule has 0 atom stereocenters. The molecular formula is C14H18N4O3. The van der Waals surface area contributed by atoms with Crippen molar-refractivity contribution in [3.8, 4) is 0 Å². The number of fused-ring (bicyclic) bond motifs is 1. The minimum absolute atomic E-state index is 0.0759. The number of aromatic nitrogens is 3. The smallest absolute Gasteiger partial charge is 0.323 e. The maximum absolute atomic E-state index is 12.4. The van der Waals surface area contributed by atoms with Gasteiger partial charge in [0.15, 0.2) is 0 Å². The molecule has 0 aliphatic heterocycles. The second-order valence-electron chi connectivity index (χ2n) is 5.27. The lowest BCUT2D eigenvalue weighted by molar-refractivity contribution is -0.150. The van der Waals surface area contributed by atoms with E-state index in [9.17, 15) is 14.7 Å². The summed E-state index contributed by atoms with van der Waals surface area (Å²) in [6.45, 7) is 5.58. The van der Waals surface area contributed by atoms with Crippen molar-refractivity contribution < 1.29 is 9.90 Å². The summed E-state index contributed by atoms with van der Waals surface area (Å²) < 4.78 is 1.19. The highest BCUT2D eigenvalue weighted by atomic mass is 16.4. The number of rotatable bonds is 5. The molecule has 0 radical (unpaired) electrons. The summed E-state index contributed by atoms with van der Waals surface area (Å²) in [5, 5.41) is 17.6. The van der Waals surface area contributed by atoms with Crippen molar-refractivity contribution in [3.63, 3.8) is 0 Å². The van der Waals surface area contributed by atoms with E-state index >= 15 is 0 Å². The number of aliphatic carboxylic acids is 1. The zero-order valence-electron chi connectivity index (χ0n) is 12.3. The molecule has 0 aliphatic carbocycles. The lowest BCUT2D eigenvalue weighted by Crippen LogP contribution is -2.51. The van der Waals surface area contributed by atoms with Crippen LogP contribution in [0.4, 0.5) is 0 Å². The van der Waals surface area contributed by atoms with Crippen LogP contribution in [0.1, 0.15) is 20.8 Å². The molecule has 1 N–H and O–H groups in total. The van der Waals surface area contributed by atoms with E-state index in [-0.39, 0.29) is 12.2 Å². The number of nitrogens with zero attached hydrogens (tertiary/aromatic N) is 4. The number of carboxylic acids is 1. The van der Waals surface area contributed by atoms with Crippen molar-refractivity contribution >= 4 is 16.9 Å². The zero-order valence-corrected chi connectivity index (χ0v) is 12.3. The zero-order chi connectivity index (χ0) is 15.6. The monoisotopic (exact) mass is 290 g/mol. The Morgan fingerprint density at radius 1 is 1.38 bits per heavy atom. The summed E-state index contributed by atoms with van der Waals surface area (Å²) in [5.74, 6) is -0.953. The SMILES string of the molecule is CCN(Cn1nnc2ccccc2c1=O)C(C)(C)C(=O)O. The van der Waals surface area contributed by atoms with Gasteiger partial charge in [0.05, 0.1) is 12.1 Å². The number of hydrogen-bond acceptors (Lipinski definition) is 5. The van der Waals surface area contributed by atoms with Gasteiger partial charge in [-0.15, -0.1) is 5.10 Å². The summed E-state index contributed by atoms with van der Waals surface area (Å²) in [5.41, 5.74) is -0.846. The normalized spacial score (nSPS) is 12.0.